The van der Waals surface area contributed by atoms with E-state index in [1.54, 1.807) is 24.3 Å². The number of oxime groups is 1. The van der Waals surface area contributed by atoms with Crippen LogP contribution < -0.4 is 0 Å². The van der Waals surface area contributed by atoms with Gasteiger partial charge < -0.3 is 14.7 Å². The maximum absolute atomic E-state index is 13.2. The highest BCUT2D eigenvalue weighted by Gasteiger charge is 2.26. The normalized spacial score (nSPS) is 17.3. The Hall–Kier alpha value is -2.35. The summed E-state index contributed by atoms with van der Waals surface area (Å²) in [6.07, 6.45) is -0.227. The maximum atomic E-state index is 13.2. The molecule has 0 radical (unpaired) electrons. The minimum Gasteiger partial charge on any atom is -0.390 e. The molecule has 0 fully saturated rings. The molecule has 5 nitrogen and oxygen atoms in total. The van der Waals surface area contributed by atoms with E-state index >= 15 is 0 Å². The van der Waals surface area contributed by atoms with E-state index in [4.69, 9.17) is 9.57 Å². The molecule has 1 aliphatic heterocycles. The molecule has 1 heterocycles. The van der Waals surface area contributed by atoms with Gasteiger partial charge in [0.05, 0.1) is 24.5 Å². The predicted molar refractivity (Wildman–Crippen MR) is 111 cm³/mol. The number of benzene rings is 2. The van der Waals surface area contributed by atoms with E-state index < -0.39 is 6.10 Å². The van der Waals surface area contributed by atoms with Gasteiger partial charge in [0.25, 0.3) is 0 Å². The van der Waals surface area contributed by atoms with Crippen LogP contribution in [-0.4, -0.2) is 53.7 Å². The van der Waals surface area contributed by atoms with Crippen molar-refractivity contribution in [1.82, 2.24) is 4.90 Å². The summed E-state index contributed by atoms with van der Waals surface area (Å²) in [5.41, 5.74) is 2.53. The van der Waals surface area contributed by atoms with Crippen molar-refractivity contribution in [3.8, 4) is 0 Å². The molecular formula is C23H28F2N2O3. The summed E-state index contributed by atoms with van der Waals surface area (Å²) in [6.45, 7) is 5.53. The predicted octanol–water partition coefficient (Wildman–Crippen LogP) is 3.75. The molecule has 162 valence electrons. The smallest absolute Gasteiger partial charge is 0.145 e. The SMILES string of the molecule is CC(C)OC[C@@H](O)CN(Cc1ccc(F)cc1)C[C@@H]1CC(c2ccc(F)cc2)=NO1. The van der Waals surface area contributed by atoms with Crippen LogP contribution >= 0.6 is 0 Å². The second-order valence-corrected chi connectivity index (χ2v) is 7.83. The molecule has 30 heavy (non-hydrogen) atoms. The fourth-order valence-electron chi connectivity index (χ4n) is 3.33. The van der Waals surface area contributed by atoms with Gasteiger partial charge in [-0.05, 0) is 49.2 Å². The number of hydrogen-bond donors (Lipinski definition) is 1. The molecule has 0 spiro atoms. The van der Waals surface area contributed by atoms with Gasteiger partial charge in [-0.25, -0.2) is 8.78 Å². The van der Waals surface area contributed by atoms with Crippen LogP contribution in [-0.2, 0) is 16.1 Å². The van der Waals surface area contributed by atoms with Crippen LogP contribution in [0.15, 0.2) is 53.7 Å². The number of halogens is 2. The minimum absolute atomic E-state index is 0.0371. The fourth-order valence-corrected chi connectivity index (χ4v) is 3.33. The van der Waals surface area contributed by atoms with Crippen LogP contribution in [0.25, 0.3) is 0 Å². The number of rotatable bonds is 10. The Bertz CT molecular complexity index is 825. The summed E-state index contributed by atoms with van der Waals surface area (Å²) in [4.78, 5) is 7.65. The average molecular weight is 418 g/mol. The third-order valence-corrected chi connectivity index (χ3v) is 4.78. The van der Waals surface area contributed by atoms with E-state index in [1.807, 2.05) is 13.8 Å². The molecule has 7 heteroatoms. The summed E-state index contributed by atoms with van der Waals surface area (Å²) < 4.78 is 31.9. The fraction of sp³-hybridized carbons (Fsp3) is 0.435. The molecule has 0 unspecified atom stereocenters. The monoisotopic (exact) mass is 418 g/mol. The molecule has 0 amide bonds. The molecule has 0 aliphatic carbocycles. The van der Waals surface area contributed by atoms with Crippen LogP contribution in [0.3, 0.4) is 0 Å². The van der Waals surface area contributed by atoms with Crippen molar-refractivity contribution in [3.05, 3.63) is 71.3 Å². The first kappa shape index (κ1) is 22.3. The third-order valence-electron chi connectivity index (χ3n) is 4.78. The summed E-state index contributed by atoms with van der Waals surface area (Å²) in [6, 6.07) is 12.5. The lowest BCUT2D eigenvalue weighted by Gasteiger charge is -2.27. The summed E-state index contributed by atoms with van der Waals surface area (Å²) >= 11 is 0. The van der Waals surface area contributed by atoms with E-state index in [2.05, 4.69) is 10.1 Å². The molecular weight excluding hydrogens is 390 g/mol. The lowest BCUT2D eigenvalue weighted by Crippen LogP contribution is -2.39. The number of aliphatic hydroxyl groups excluding tert-OH is 1. The first-order valence-corrected chi connectivity index (χ1v) is 10.1. The van der Waals surface area contributed by atoms with Crippen molar-refractivity contribution in [3.63, 3.8) is 0 Å². The molecule has 0 saturated carbocycles. The first-order chi connectivity index (χ1) is 14.4. The third kappa shape index (κ3) is 6.86. The van der Waals surface area contributed by atoms with Gasteiger partial charge in [0.1, 0.15) is 17.7 Å². The molecule has 3 rings (SSSR count). The van der Waals surface area contributed by atoms with Crippen molar-refractivity contribution < 1.29 is 23.5 Å². The largest absolute Gasteiger partial charge is 0.390 e. The van der Waals surface area contributed by atoms with E-state index in [0.717, 1.165) is 16.8 Å². The van der Waals surface area contributed by atoms with Crippen LogP contribution in [0.2, 0.25) is 0 Å². The Kier molecular flexibility index (Phi) is 7.90. The molecule has 1 N–H and O–H groups in total. The lowest BCUT2D eigenvalue weighted by atomic mass is 10.0. The lowest BCUT2D eigenvalue weighted by molar-refractivity contribution is -0.0194. The van der Waals surface area contributed by atoms with Crippen molar-refractivity contribution in [2.45, 2.75) is 45.1 Å². The molecule has 2 atom stereocenters. The molecule has 0 aromatic heterocycles. The molecule has 2 aromatic carbocycles. The van der Waals surface area contributed by atoms with Crippen molar-refractivity contribution in [2.24, 2.45) is 5.16 Å². The Morgan fingerprint density at radius 2 is 1.73 bits per heavy atom. The zero-order chi connectivity index (χ0) is 21.5. The second-order valence-electron chi connectivity index (χ2n) is 7.83. The average Bonchev–Trinajstić information content (AvgIpc) is 3.17. The highest BCUT2D eigenvalue weighted by Crippen LogP contribution is 2.19. The van der Waals surface area contributed by atoms with Gasteiger partial charge in [0.2, 0.25) is 0 Å². The Balaban J connectivity index is 1.61. The Morgan fingerprint density at radius 3 is 2.37 bits per heavy atom. The zero-order valence-corrected chi connectivity index (χ0v) is 17.3. The molecule has 2 aromatic rings. The van der Waals surface area contributed by atoms with E-state index in [-0.39, 0.29) is 30.4 Å². The van der Waals surface area contributed by atoms with E-state index in [9.17, 15) is 13.9 Å². The standard InChI is InChI=1S/C23H28F2N2O3/c1-16(2)29-15-21(28)13-27(12-17-3-7-19(24)8-4-17)14-22-11-23(26-30-22)18-5-9-20(25)10-6-18/h3-10,16,21-22,28H,11-15H2,1-2H3/t21-,22-/m0/s1. The molecule has 0 bridgehead atoms. The highest BCUT2D eigenvalue weighted by molar-refractivity contribution is 6.01. The van der Waals surface area contributed by atoms with Gasteiger partial charge in [-0.3, -0.25) is 4.90 Å². The van der Waals surface area contributed by atoms with Gasteiger partial charge >= 0.3 is 0 Å². The summed E-state index contributed by atoms with van der Waals surface area (Å²) in [5.74, 6) is -0.579. The maximum Gasteiger partial charge on any atom is 0.145 e. The topological polar surface area (TPSA) is 54.3 Å². The summed E-state index contributed by atoms with van der Waals surface area (Å²) in [7, 11) is 0. The highest BCUT2D eigenvalue weighted by atomic mass is 19.1. The van der Waals surface area contributed by atoms with Gasteiger partial charge in [-0.15, -0.1) is 0 Å². The second kappa shape index (κ2) is 10.6. The Morgan fingerprint density at radius 1 is 1.10 bits per heavy atom. The van der Waals surface area contributed by atoms with Crippen molar-refractivity contribution in [2.75, 3.05) is 19.7 Å². The van der Waals surface area contributed by atoms with Crippen LogP contribution in [0.5, 0.6) is 0 Å². The minimum atomic E-state index is -0.660. The number of hydrogen-bond acceptors (Lipinski definition) is 5. The van der Waals surface area contributed by atoms with Gasteiger partial charge in [-0.2, -0.15) is 0 Å². The van der Waals surface area contributed by atoms with Gasteiger partial charge in [0.15, 0.2) is 0 Å². The Labute approximate surface area is 175 Å². The zero-order valence-electron chi connectivity index (χ0n) is 17.3. The van der Waals surface area contributed by atoms with Gasteiger partial charge in [-0.1, -0.05) is 29.4 Å². The van der Waals surface area contributed by atoms with Crippen LogP contribution in [0.1, 0.15) is 31.4 Å². The van der Waals surface area contributed by atoms with Crippen molar-refractivity contribution in [1.29, 1.82) is 0 Å². The van der Waals surface area contributed by atoms with Gasteiger partial charge in [0, 0.05) is 26.1 Å². The number of ether oxygens (including phenoxy) is 1. The first-order valence-electron chi connectivity index (χ1n) is 10.1. The van der Waals surface area contributed by atoms with E-state index in [0.29, 0.717) is 26.1 Å². The molecule has 0 saturated heterocycles. The summed E-state index contributed by atoms with van der Waals surface area (Å²) in [5, 5.41) is 14.5. The van der Waals surface area contributed by atoms with Crippen LogP contribution in [0, 0.1) is 11.6 Å². The van der Waals surface area contributed by atoms with Crippen molar-refractivity contribution >= 4 is 5.71 Å². The van der Waals surface area contributed by atoms with Crippen LogP contribution in [0.4, 0.5) is 8.78 Å². The number of aliphatic hydroxyl groups is 1. The quantitative estimate of drug-likeness (QED) is 0.639. The van der Waals surface area contributed by atoms with E-state index in [1.165, 1.54) is 24.3 Å². The molecule has 1 aliphatic rings. The number of nitrogens with zero attached hydrogens (tertiary/aromatic N) is 2.